The number of cyclic esters (lactones) is 2. The number of rotatable bonds is 16. The van der Waals surface area contributed by atoms with Gasteiger partial charge in [0.05, 0.1) is 35.3 Å². The van der Waals surface area contributed by atoms with Crippen molar-refractivity contribution in [1.29, 1.82) is 10.7 Å². The van der Waals surface area contributed by atoms with Crippen LogP contribution in [-0.2, 0) is 71.0 Å². The number of ether oxygens (including phenoxy) is 1. The number of hydrogen-bond donors (Lipinski definition) is 9. The number of hydrogen-bond acceptors (Lipinski definition) is 26. The number of nitrogens with one attached hydrogen (secondary N) is 2. The van der Waals surface area contributed by atoms with Crippen molar-refractivity contribution in [2.75, 3.05) is 133 Å². The summed E-state index contributed by atoms with van der Waals surface area (Å²) in [5.41, 5.74) is 15.9. The first-order valence-electron chi connectivity index (χ1n) is 52.5. The van der Waals surface area contributed by atoms with E-state index in [1.807, 2.05) is 47.1 Å². The lowest BCUT2D eigenvalue weighted by atomic mass is 9.76. The minimum absolute atomic E-state index is 0.00820. The summed E-state index contributed by atoms with van der Waals surface area (Å²) in [5, 5.41) is 81.4. The average Bonchev–Trinajstić information content (AvgIpc) is 1.64. The number of Topliss-reactive ketones (excluding diaryl/α,β-unsaturated/α-hetero) is 1. The van der Waals surface area contributed by atoms with Crippen LogP contribution in [0, 0.1) is 55.8 Å². The number of nitrogen functional groups attached to an aromatic ring is 1. The van der Waals surface area contributed by atoms with Crippen LogP contribution >= 0.6 is 0 Å². The van der Waals surface area contributed by atoms with Gasteiger partial charge in [-0.1, -0.05) is 226 Å². The number of carbonyl (C=O) groups is 7. The molecule has 146 heavy (non-hydrogen) atoms. The fourth-order valence-electron chi connectivity index (χ4n) is 22.8. The molecule has 13 heterocycles. The molecule has 784 valence electrons. The minimum atomic E-state index is -0.718. The molecule has 30 heteroatoms. The number of allylic oxidation sites excluding steroid dienone is 1. The largest absolute Gasteiger partial charge is 0.393 e. The van der Waals surface area contributed by atoms with Gasteiger partial charge < -0.3 is 46.4 Å². The molecule has 13 saturated heterocycles. The molecule has 6 atom stereocenters. The van der Waals surface area contributed by atoms with Crippen LogP contribution in [0.5, 0.6) is 0 Å². The Hall–Kier alpha value is -10.8. The number of imide groups is 2. The molecule has 7 aromatic rings. The topological polar surface area (TPSA) is 376 Å². The van der Waals surface area contributed by atoms with Gasteiger partial charge in [-0.3, -0.25) is 92.9 Å². The molecule has 4 amide bonds. The second-order valence-corrected chi connectivity index (χ2v) is 43.0. The molecule has 13 aliphatic rings. The van der Waals surface area contributed by atoms with Crippen LogP contribution in [0.1, 0.15) is 219 Å². The number of esters is 2. The van der Waals surface area contributed by atoms with Crippen molar-refractivity contribution in [3.8, 4) is 6.07 Å². The van der Waals surface area contributed by atoms with Crippen molar-refractivity contribution in [2.24, 2.45) is 38.2 Å². The van der Waals surface area contributed by atoms with Crippen LogP contribution in [0.15, 0.2) is 211 Å². The summed E-state index contributed by atoms with van der Waals surface area (Å²) in [6.07, 6.45) is 13.6. The van der Waals surface area contributed by atoms with Crippen molar-refractivity contribution in [3.63, 3.8) is 0 Å². The highest BCUT2D eigenvalue weighted by Gasteiger charge is 2.56. The van der Waals surface area contributed by atoms with E-state index in [1.54, 1.807) is 86.5 Å². The Bertz CT molecular complexity index is 5510. The van der Waals surface area contributed by atoms with Crippen LogP contribution in [-0.4, -0.2) is 290 Å². The van der Waals surface area contributed by atoms with Crippen molar-refractivity contribution < 1.29 is 68.9 Å². The summed E-state index contributed by atoms with van der Waals surface area (Å²) < 4.78 is 4.71. The van der Waals surface area contributed by atoms with Gasteiger partial charge in [-0.15, -0.1) is 0 Å². The highest BCUT2D eigenvalue weighted by molar-refractivity contribution is 6.06. The summed E-state index contributed by atoms with van der Waals surface area (Å²) in [5.74, 6) is -0.235. The van der Waals surface area contributed by atoms with Crippen LogP contribution in [0.4, 0.5) is 5.69 Å². The molecular weight excluding hydrogens is 1840 g/mol. The Morgan fingerprint density at radius 3 is 1.09 bits per heavy atom. The Balaban J connectivity index is 0.000000141. The number of carbonyl (C=O) groups excluding carboxylic acids is 7. The number of aliphatic hydroxyl groups excluding tert-OH is 6. The van der Waals surface area contributed by atoms with Gasteiger partial charge >= 0.3 is 11.9 Å². The predicted octanol–water partition coefficient (Wildman–Crippen LogP) is 13.1. The molecule has 0 saturated carbocycles. The first-order chi connectivity index (χ1) is 70.1. The third-order valence-corrected chi connectivity index (χ3v) is 33.4. The zero-order valence-corrected chi connectivity index (χ0v) is 86.8. The summed E-state index contributed by atoms with van der Waals surface area (Å²) in [4.78, 5) is 106. The monoisotopic (exact) mass is 2000 g/mol. The molecule has 0 aliphatic carbocycles. The molecule has 13 fully saturated rings. The maximum Gasteiger partial charge on any atom is 0.320 e. The number of aliphatic hydroxyl groups is 6. The van der Waals surface area contributed by atoms with Crippen LogP contribution in [0.2, 0.25) is 0 Å². The number of piperidine rings is 8. The lowest BCUT2D eigenvalue weighted by molar-refractivity contribution is -0.156. The van der Waals surface area contributed by atoms with Gasteiger partial charge in [-0.2, -0.15) is 5.26 Å². The molecule has 13 aliphatic heterocycles. The first kappa shape index (κ1) is 112. The SMILES string of the molecule is CC(C#N)=C1CCN(Cc2ccccc2)CC1.CCC1(C)CCN(Cc2ccccc2)CC1.CN1C(=O)CC2(CCN(Cc3ccccc3)CC2)C1=O.CN1C(=O)CC2(CCNCC2)C1=O.CN1C(O)CC2(CCN(C(O)c3ccc(C(=N)N)cc3)CC2)C1O.O=C1CC2(CCN(Cc3ccccc3)CC2)C(=O)O1.O=C1CCN(Cc2ccccc2)CC1.[C-]#[N+]c1ccc(C(O)N2CCC3(CC2)CC(O)N(C)C3O)cc1. The molecule has 30 nitrogen and oxygen atoms in total. The van der Waals surface area contributed by atoms with E-state index in [4.69, 9.17) is 27.7 Å². The van der Waals surface area contributed by atoms with Gasteiger partial charge in [0.2, 0.25) is 23.6 Å². The number of amides is 4. The zero-order chi connectivity index (χ0) is 104. The zero-order valence-electron chi connectivity index (χ0n) is 86.8. The molecule has 7 aromatic carbocycles. The summed E-state index contributed by atoms with van der Waals surface area (Å²) in [6, 6.07) is 68.8. The number of amidine groups is 1. The van der Waals surface area contributed by atoms with E-state index < -0.39 is 48.2 Å². The van der Waals surface area contributed by atoms with Gasteiger partial charge in [0, 0.05) is 147 Å². The molecule has 5 spiro atoms. The number of ketones is 1. The summed E-state index contributed by atoms with van der Waals surface area (Å²) in [7, 11) is 6.67. The van der Waals surface area contributed by atoms with Gasteiger partial charge in [0.25, 0.3) is 0 Å². The lowest BCUT2D eigenvalue weighted by Crippen LogP contribution is -2.47. The Morgan fingerprint density at radius 1 is 0.459 bits per heavy atom. The molecule has 10 N–H and O–H groups in total. The second-order valence-electron chi connectivity index (χ2n) is 43.0. The van der Waals surface area contributed by atoms with Crippen molar-refractivity contribution in [2.45, 2.75) is 232 Å². The van der Waals surface area contributed by atoms with E-state index in [9.17, 15) is 64.2 Å². The Labute approximate surface area is 863 Å². The first-order valence-corrected chi connectivity index (χ1v) is 52.5. The van der Waals surface area contributed by atoms with Crippen molar-refractivity contribution >= 4 is 52.9 Å². The molecule has 6 unspecified atom stereocenters. The number of nitrogens with zero attached hydrogens (tertiary/aromatic N) is 13. The number of nitriles is 1. The maximum absolute atomic E-state index is 12.2. The number of likely N-dealkylation sites (tertiary alicyclic amines) is 11. The molecule has 20 rings (SSSR count). The van der Waals surface area contributed by atoms with Gasteiger partial charge in [-0.05, 0) is 220 Å². The van der Waals surface area contributed by atoms with E-state index in [1.165, 1.54) is 75.5 Å². The third-order valence-electron chi connectivity index (χ3n) is 33.4. The predicted molar refractivity (Wildman–Crippen MR) is 562 cm³/mol. The fourth-order valence-corrected chi connectivity index (χ4v) is 22.8. The maximum atomic E-state index is 12.2. The number of benzene rings is 7. The Morgan fingerprint density at radius 2 is 0.788 bits per heavy atom. The third kappa shape index (κ3) is 29.4. The fraction of sp³-hybridized carbons (Fsp3) is 0.534. The highest BCUT2D eigenvalue weighted by Crippen LogP contribution is 2.50. The Kier molecular flexibility index (Phi) is 40.3. The van der Waals surface area contributed by atoms with E-state index in [-0.39, 0.29) is 64.1 Å². The van der Waals surface area contributed by atoms with Gasteiger partial charge in [0.15, 0.2) is 5.69 Å². The van der Waals surface area contributed by atoms with Gasteiger partial charge in [0.1, 0.15) is 49.0 Å². The van der Waals surface area contributed by atoms with Crippen LogP contribution in [0.25, 0.3) is 4.85 Å². The summed E-state index contributed by atoms with van der Waals surface area (Å²) in [6.45, 7) is 33.0. The summed E-state index contributed by atoms with van der Waals surface area (Å²) >= 11 is 0. The minimum Gasteiger partial charge on any atom is -0.393 e. The van der Waals surface area contributed by atoms with E-state index in [0.717, 1.165) is 205 Å². The van der Waals surface area contributed by atoms with E-state index in [0.29, 0.717) is 74.3 Å². The normalized spacial score (nSPS) is 23.9. The lowest BCUT2D eigenvalue weighted by Gasteiger charge is -2.43. The molecule has 0 aromatic heterocycles. The highest BCUT2D eigenvalue weighted by atomic mass is 16.6. The smallest absolute Gasteiger partial charge is 0.320 e. The van der Waals surface area contributed by atoms with E-state index >= 15 is 0 Å². The molecule has 0 radical (unpaired) electrons. The van der Waals surface area contributed by atoms with Crippen molar-refractivity contribution in [3.05, 3.63) is 267 Å². The standard InChI is InChI=1S/C17H26N4O3.C17H23N3O3.C16H20N2O2.C15H18N2.C15H17NO3.C15H23N.C12H15NO.C9H14N2O2/c1-20-13(22)10-17(16(20)24)6-8-21(9-7-17)15(23)12-4-2-11(3-5-12)14(18)19;1-18-13-5-3-12(4-6-13)15(22)20-9-7-17(8-10-20)11-14(21)19(2)16(17)23;1-17-14(19)11-16(15(17)20)7-9-18(10-8-16)12-13-5-3-2-4-6-13;1-13(11-16)15-7-9-17(10-8-15)12-14-5-3-2-4-6-14;17-13-10-15(14(18)19-13)6-8-16(9-7-15)11-12-4-2-1-3-5-12;1-3-15(2)9-11-16(12-10-15)13-14-7-5-4-6-8-14;14-12-6-8-13(9-7-12)10-11-4-2-1-3-5-11;1-11-7(12)6-9(8(11)13)2-4-10-5-3-9/h2-5,13,15-16,22-24H,6-10H2,1H3,(H3,18,19);3-6,14-16,21-23H,7-11H2,2H3;2-6H,7-12H2,1H3;2-6H,7-10,12H2,1H3;1-5H,6-11H2;4-8H,3,9-13H2,1-2H3;1-5H,6-10H2;10H,2-6H2,1H3. The van der Waals surface area contributed by atoms with E-state index in [2.05, 4.69) is 176 Å². The van der Waals surface area contributed by atoms with Gasteiger partial charge in [-0.25, -0.2) is 4.85 Å². The van der Waals surface area contributed by atoms with Crippen LogP contribution in [0.3, 0.4) is 0 Å². The second kappa shape index (κ2) is 52.4. The molecule has 0 bridgehead atoms. The quantitative estimate of drug-likeness (QED) is 0.00825. The number of nitrogens with two attached hydrogens (primary N) is 1. The van der Waals surface area contributed by atoms with Crippen LogP contribution < -0.4 is 11.1 Å². The van der Waals surface area contributed by atoms with Crippen molar-refractivity contribution in [1.82, 2.24) is 59.2 Å². The average molecular weight is 2000 g/mol. The molecular formula is C116H156N16O14.